The fourth-order valence-electron chi connectivity index (χ4n) is 2.63. The summed E-state index contributed by atoms with van der Waals surface area (Å²) in [6.45, 7) is 4.03. The first kappa shape index (κ1) is 15.8. The quantitative estimate of drug-likeness (QED) is 0.598. The van der Waals surface area contributed by atoms with Gasteiger partial charge in [0.25, 0.3) is 0 Å². The highest BCUT2D eigenvalue weighted by Gasteiger charge is 2.27. The van der Waals surface area contributed by atoms with Crippen molar-refractivity contribution in [3.05, 3.63) is 0 Å². The SMILES string of the molecule is CC1CCC(NC(=O)N[C@@H](CCO)C(=O)O)C(C)C1. The number of carbonyl (C=O) groups is 2. The lowest BCUT2D eigenvalue weighted by molar-refractivity contribution is -0.139. The minimum atomic E-state index is -1.13. The lowest BCUT2D eigenvalue weighted by Gasteiger charge is -2.33. The van der Waals surface area contributed by atoms with Gasteiger partial charge in [-0.2, -0.15) is 0 Å². The Morgan fingerprint density at radius 1 is 1.32 bits per heavy atom. The van der Waals surface area contributed by atoms with Gasteiger partial charge in [-0.05, 0) is 31.1 Å². The van der Waals surface area contributed by atoms with Gasteiger partial charge in [0.1, 0.15) is 6.04 Å². The zero-order valence-electron chi connectivity index (χ0n) is 11.6. The molecule has 4 N–H and O–H groups in total. The summed E-state index contributed by atoms with van der Waals surface area (Å²) in [6.07, 6.45) is 3.09. The molecule has 0 bridgehead atoms. The third kappa shape index (κ3) is 5.06. The molecular formula is C13H24N2O4. The Morgan fingerprint density at radius 2 is 2.00 bits per heavy atom. The number of carboxylic acids is 1. The van der Waals surface area contributed by atoms with Crippen LogP contribution in [0.25, 0.3) is 0 Å². The van der Waals surface area contributed by atoms with E-state index in [1.54, 1.807) is 0 Å². The van der Waals surface area contributed by atoms with Gasteiger partial charge in [-0.15, -0.1) is 0 Å². The maximum absolute atomic E-state index is 11.8. The number of hydrogen-bond donors (Lipinski definition) is 4. The maximum atomic E-state index is 11.8. The van der Waals surface area contributed by atoms with E-state index in [1.807, 2.05) is 0 Å². The average Bonchev–Trinajstić information content (AvgIpc) is 2.32. The van der Waals surface area contributed by atoms with Crippen molar-refractivity contribution in [1.29, 1.82) is 0 Å². The van der Waals surface area contributed by atoms with Crippen molar-refractivity contribution in [2.24, 2.45) is 11.8 Å². The molecule has 3 unspecified atom stereocenters. The molecule has 1 rings (SSSR count). The Hall–Kier alpha value is -1.30. The van der Waals surface area contributed by atoms with Crippen LogP contribution < -0.4 is 10.6 Å². The van der Waals surface area contributed by atoms with E-state index in [-0.39, 0.29) is 19.1 Å². The Morgan fingerprint density at radius 3 is 2.53 bits per heavy atom. The van der Waals surface area contributed by atoms with Gasteiger partial charge in [0.2, 0.25) is 0 Å². The van der Waals surface area contributed by atoms with Crippen LogP contribution in [0.4, 0.5) is 4.79 Å². The van der Waals surface area contributed by atoms with Gasteiger partial charge >= 0.3 is 12.0 Å². The van der Waals surface area contributed by atoms with E-state index in [9.17, 15) is 9.59 Å². The number of nitrogens with one attached hydrogen (secondary N) is 2. The van der Waals surface area contributed by atoms with Gasteiger partial charge in [-0.3, -0.25) is 0 Å². The molecule has 0 saturated heterocycles. The number of urea groups is 1. The second-order valence-corrected chi connectivity index (χ2v) is 5.52. The van der Waals surface area contributed by atoms with Crippen LogP contribution in [0.3, 0.4) is 0 Å². The van der Waals surface area contributed by atoms with E-state index in [1.165, 1.54) is 0 Å². The zero-order valence-corrected chi connectivity index (χ0v) is 11.6. The van der Waals surface area contributed by atoms with Gasteiger partial charge in [-0.1, -0.05) is 13.8 Å². The number of amides is 2. The highest BCUT2D eigenvalue weighted by Crippen LogP contribution is 2.28. The van der Waals surface area contributed by atoms with Gasteiger partial charge in [0.15, 0.2) is 0 Å². The molecule has 0 aliphatic heterocycles. The Labute approximate surface area is 113 Å². The van der Waals surface area contributed by atoms with E-state index >= 15 is 0 Å². The number of aliphatic carboxylic acids is 1. The zero-order chi connectivity index (χ0) is 14.4. The van der Waals surface area contributed by atoms with E-state index in [2.05, 4.69) is 24.5 Å². The molecule has 1 aliphatic rings. The number of hydrogen-bond acceptors (Lipinski definition) is 3. The largest absolute Gasteiger partial charge is 0.480 e. The van der Waals surface area contributed by atoms with Crippen LogP contribution in [0.5, 0.6) is 0 Å². The molecule has 6 heteroatoms. The standard InChI is InChI=1S/C13H24N2O4/c1-8-3-4-10(9(2)7-8)14-13(19)15-11(5-6-16)12(17)18/h8-11,16H,3-7H2,1-2H3,(H,17,18)(H2,14,15,19)/t8?,9?,10?,11-/m0/s1. The highest BCUT2D eigenvalue weighted by atomic mass is 16.4. The highest BCUT2D eigenvalue weighted by molar-refractivity contribution is 5.82. The average molecular weight is 272 g/mol. The molecule has 0 aromatic heterocycles. The molecule has 0 spiro atoms. The van der Waals surface area contributed by atoms with E-state index in [0.717, 1.165) is 19.3 Å². The monoisotopic (exact) mass is 272 g/mol. The predicted octanol–water partition coefficient (Wildman–Crippen LogP) is 0.946. The molecule has 1 fully saturated rings. The molecule has 19 heavy (non-hydrogen) atoms. The summed E-state index contributed by atoms with van der Waals surface area (Å²) in [5.74, 6) is -0.0533. The normalized spacial score (nSPS) is 28.5. The Bertz CT molecular complexity index is 322. The third-order valence-electron chi connectivity index (χ3n) is 3.77. The maximum Gasteiger partial charge on any atom is 0.326 e. The number of aliphatic hydroxyl groups is 1. The van der Waals surface area contributed by atoms with E-state index in [0.29, 0.717) is 11.8 Å². The minimum Gasteiger partial charge on any atom is -0.480 e. The van der Waals surface area contributed by atoms with Crippen LogP contribution in [0, 0.1) is 11.8 Å². The van der Waals surface area contributed by atoms with Crippen LogP contribution in [-0.2, 0) is 4.79 Å². The summed E-state index contributed by atoms with van der Waals surface area (Å²) in [4.78, 5) is 22.6. The molecule has 1 aliphatic carbocycles. The number of aliphatic hydroxyl groups excluding tert-OH is 1. The molecule has 0 heterocycles. The summed E-state index contributed by atoms with van der Waals surface area (Å²) in [7, 11) is 0. The van der Waals surface area contributed by atoms with Crippen LogP contribution in [-0.4, -0.2) is 40.9 Å². The molecular weight excluding hydrogens is 248 g/mol. The van der Waals surface area contributed by atoms with Crippen molar-refractivity contribution in [2.75, 3.05) is 6.61 Å². The predicted molar refractivity (Wildman–Crippen MR) is 70.8 cm³/mol. The second kappa shape index (κ2) is 7.33. The summed E-state index contributed by atoms with van der Waals surface area (Å²) in [6, 6.07) is -1.41. The van der Waals surface area contributed by atoms with Crippen molar-refractivity contribution < 1.29 is 19.8 Å². The number of carboxylic acid groups (broad SMARTS) is 1. The minimum absolute atomic E-state index is 0.0139. The first-order valence-electron chi connectivity index (χ1n) is 6.84. The fourth-order valence-corrected chi connectivity index (χ4v) is 2.63. The van der Waals surface area contributed by atoms with Crippen LogP contribution in [0.15, 0.2) is 0 Å². The second-order valence-electron chi connectivity index (χ2n) is 5.52. The molecule has 0 radical (unpaired) electrons. The van der Waals surface area contributed by atoms with Crippen molar-refractivity contribution in [3.63, 3.8) is 0 Å². The van der Waals surface area contributed by atoms with Gasteiger partial charge in [0, 0.05) is 19.1 Å². The topological polar surface area (TPSA) is 98.7 Å². The van der Waals surface area contributed by atoms with Crippen molar-refractivity contribution in [3.8, 4) is 0 Å². The van der Waals surface area contributed by atoms with E-state index < -0.39 is 18.0 Å². The Balaban J connectivity index is 2.43. The lowest BCUT2D eigenvalue weighted by atomic mass is 9.80. The summed E-state index contributed by atoms with van der Waals surface area (Å²) in [5.41, 5.74) is 0. The Kier molecular flexibility index (Phi) is 6.08. The van der Waals surface area contributed by atoms with Gasteiger partial charge in [-0.25, -0.2) is 9.59 Å². The molecule has 0 aromatic rings. The third-order valence-corrected chi connectivity index (χ3v) is 3.77. The summed E-state index contributed by atoms with van der Waals surface area (Å²) >= 11 is 0. The van der Waals surface area contributed by atoms with Gasteiger partial charge < -0.3 is 20.8 Å². The smallest absolute Gasteiger partial charge is 0.326 e. The summed E-state index contributed by atoms with van der Waals surface area (Å²) in [5, 5.41) is 22.9. The van der Waals surface area contributed by atoms with Crippen LogP contribution >= 0.6 is 0 Å². The molecule has 0 aromatic carbocycles. The van der Waals surface area contributed by atoms with Crippen LogP contribution in [0.1, 0.15) is 39.5 Å². The number of carbonyl (C=O) groups excluding carboxylic acids is 1. The fraction of sp³-hybridized carbons (Fsp3) is 0.846. The first-order chi connectivity index (χ1) is 8.93. The van der Waals surface area contributed by atoms with Crippen molar-refractivity contribution >= 4 is 12.0 Å². The molecule has 6 nitrogen and oxygen atoms in total. The van der Waals surface area contributed by atoms with Gasteiger partial charge in [0.05, 0.1) is 0 Å². The molecule has 4 atom stereocenters. The van der Waals surface area contributed by atoms with Crippen molar-refractivity contribution in [1.82, 2.24) is 10.6 Å². The van der Waals surface area contributed by atoms with Crippen LogP contribution in [0.2, 0.25) is 0 Å². The number of rotatable bonds is 5. The molecule has 110 valence electrons. The molecule has 2 amide bonds. The first-order valence-corrected chi connectivity index (χ1v) is 6.84. The summed E-state index contributed by atoms with van der Waals surface area (Å²) < 4.78 is 0. The lowest BCUT2D eigenvalue weighted by Crippen LogP contribution is -2.51. The molecule has 1 saturated carbocycles. The van der Waals surface area contributed by atoms with Crippen molar-refractivity contribution in [2.45, 2.75) is 51.6 Å². The van der Waals surface area contributed by atoms with E-state index in [4.69, 9.17) is 10.2 Å².